The highest BCUT2D eigenvalue weighted by molar-refractivity contribution is 5.69. The molecule has 0 aliphatic carbocycles. The lowest BCUT2D eigenvalue weighted by atomic mass is 9.98. The lowest BCUT2D eigenvalue weighted by Crippen LogP contribution is -2.22. The number of ether oxygens (including phenoxy) is 1. The van der Waals surface area contributed by atoms with Crippen LogP contribution in [0.5, 0.6) is 11.5 Å². The van der Waals surface area contributed by atoms with Gasteiger partial charge < -0.3 is 9.72 Å². The lowest BCUT2D eigenvalue weighted by molar-refractivity contribution is 0.483. The van der Waals surface area contributed by atoms with Crippen LogP contribution in [0.3, 0.4) is 0 Å². The van der Waals surface area contributed by atoms with E-state index in [1.807, 2.05) is 68.4 Å². The van der Waals surface area contributed by atoms with Crippen LogP contribution in [0.25, 0.3) is 16.9 Å². The molecule has 6 nitrogen and oxygen atoms in total. The number of nitrogens with one attached hydrogen (secondary N) is 1. The Hall–Kier alpha value is -3.85. The lowest BCUT2D eigenvalue weighted by Gasteiger charge is -2.14. The van der Waals surface area contributed by atoms with Crippen molar-refractivity contribution in [3.05, 3.63) is 82.3 Å². The van der Waals surface area contributed by atoms with Gasteiger partial charge in [-0.2, -0.15) is 14.9 Å². The minimum Gasteiger partial charge on any atom is -0.457 e. The van der Waals surface area contributed by atoms with Crippen LogP contribution < -0.4 is 10.3 Å². The smallest absolute Gasteiger partial charge is 0.278 e. The molecule has 6 heteroatoms. The molecular formula is C22H18N4O2. The molecule has 0 saturated heterocycles. The zero-order valence-corrected chi connectivity index (χ0v) is 15.5. The van der Waals surface area contributed by atoms with Crippen molar-refractivity contribution in [3.8, 4) is 28.8 Å². The normalized spacial score (nSPS) is 10.9. The first-order chi connectivity index (χ1) is 13.6. The van der Waals surface area contributed by atoms with Gasteiger partial charge in [0.2, 0.25) is 0 Å². The fourth-order valence-corrected chi connectivity index (χ4v) is 3.21. The van der Waals surface area contributed by atoms with Crippen molar-refractivity contribution in [3.63, 3.8) is 0 Å². The van der Waals surface area contributed by atoms with Gasteiger partial charge in [0.1, 0.15) is 23.1 Å². The highest BCUT2D eigenvalue weighted by Crippen LogP contribution is 2.30. The summed E-state index contributed by atoms with van der Waals surface area (Å²) in [5, 5.41) is 13.4. The zero-order valence-electron chi connectivity index (χ0n) is 15.5. The molecule has 0 aliphatic heterocycles. The summed E-state index contributed by atoms with van der Waals surface area (Å²) in [6.07, 6.45) is 1.40. The number of nitriles is 1. The molecule has 0 amide bonds. The number of nitrogens with zero attached hydrogens (tertiary/aromatic N) is 3. The van der Waals surface area contributed by atoms with Gasteiger partial charge in [-0.25, -0.2) is 0 Å². The second kappa shape index (κ2) is 7.05. The molecule has 2 aromatic carbocycles. The molecule has 0 atom stereocenters. The number of hydrogen-bond acceptors (Lipinski definition) is 4. The van der Waals surface area contributed by atoms with Gasteiger partial charge in [0.25, 0.3) is 5.56 Å². The minimum absolute atomic E-state index is 0.0309. The van der Waals surface area contributed by atoms with Crippen LogP contribution in [0.1, 0.15) is 30.9 Å². The average Bonchev–Trinajstić information content (AvgIpc) is 3.12. The molecule has 2 aromatic heterocycles. The summed E-state index contributed by atoms with van der Waals surface area (Å²) in [7, 11) is 0. The molecule has 0 fully saturated rings. The fourth-order valence-electron chi connectivity index (χ4n) is 3.21. The van der Waals surface area contributed by atoms with Crippen molar-refractivity contribution in [1.29, 1.82) is 5.26 Å². The van der Waals surface area contributed by atoms with Crippen LogP contribution in [0.2, 0.25) is 0 Å². The molecule has 0 spiro atoms. The summed E-state index contributed by atoms with van der Waals surface area (Å²) in [5.41, 5.74) is 2.57. The summed E-state index contributed by atoms with van der Waals surface area (Å²) in [5.74, 6) is 1.36. The van der Waals surface area contributed by atoms with E-state index in [9.17, 15) is 10.1 Å². The first-order valence-electron chi connectivity index (χ1n) is 8.96. The summed E-state index contributed by atoms with van der Waals surface area (Å²) >= 11 is 0. The molecule has 28 heavy (non-hydrogen) atoms. The largest absolute Gasteiger partial charge is 0.457 e. The van der Waals surface area contributed by atoms with Crippen LogP contribution in [0.4, 0.5) is 0 Å². The van der Waals surface area contributed by atoms with Crippen molar-refractivity contribution in [2.24, 2.45) is 0 Å². The highest BCUT2D eigenvalue weighted by Gasteiger charge is 2.19. The van der Waals surface area contributed by atoms with E-state index < -0.39 is 0 Å². The molecule has 1 N–H and O–H groups in total. The molecule has 2 heterocycles. The predicted octanol–water partition coefficient (Wildman–Crippen LogP) is 4.48. The maximum atomic E-state index is 13.0. The average molecular weight is 370 g/mol. The number of rotatable bonds is 4. The molecule has 4 aromatic rings. The summed E-state index contributed by atoms with van der Waals surface area (Å²) in [6, 6.07) is 19.1. The van der Waals surface area contributed by atoms with Crippen molar-refractivity contribution in [2.75, 3.05) is 0 Å². The van der Waals surface area contributed by atoms with Crippen LogP contribution in [0, 0.1) is 11.3 Å². The summed E-state index contributed by atoms with van der Waals surface area (Å²) in [6.45, 7) is 3.91. The van der Waals surface area contributed by atoms with Crippen LogP contribution in [-0.4, -0.2) is 14.6 Å². The third kappa shape index (κ3) is 3.03. The van der Waals surface area contributed by atoms with Gasteiger partial charge >= 0.3 is 0 Å². The van der Waals surface area contributed by atoms with Crippen LogP contribution in [-0.2, 0) is 0 Å². The van der Waals surface area contributed by atoms with E-state index >= 15 is 0 Å². The first-order valence-corrected chi connectivity index (χ1v) is 8.96. The van der Waals surface area contributed by atoms with Crippen molar-refractivity contribution in [2.45, 2.75) is 19.8 Å². The predicted molar refractivity (Wildman–Crippen MR) is 107 cm³/mol. The molecular weight excluding hydrogens is 352 g/mol. The molecule has 4 rings (SSSR count). The van der Waals surface area contributed by atoms with Gasteiger partial charge in [0, 0.05) is 11.1 Å². The fraction of sp³-hybridized carbons (Fsp3) is 0.136. The van der Waals surface area contributed by atoms with E-state index in [0.29, 0.717) is 28.2 Å². The highest BCUT2D eigenvalue weighted by atomic mass is 16.5. The van der Waals surface area contributed by atoms with E-state index in [-0.39, 0.29) is 11.5 Å². The number of fused-ring (bicyclic) bond motifs is 1. The van der Waals surface area contributed by atoms with Gasteiger partial charge in [-0.15, -0.1) is 0 Å². The number of aromatic nitrogens is 3. The Labute approximate surface area is 161 Å². The van der Waals surface area contributed by atoms with Crippen molar-refractivity contribution >= 4 is 5.65 Å². The Morgan fingerprint density at radius 1 is 1.11 bits per heavy atom. The minimum atomic E-state index is -0.227. The molecule has 0 unspecified atom stereocenters. The van der Waals surface area contributed by atoms with Gasteiger partial charge in [0.05, 0.1) is 11.9 Å². The molecule has 0 bridgehead atoms. The van der Waals surface area contributed by atoms with Gasteiger partial charge in [-0.3, -0.25) is 4.79 Å². The second-order valence-corrected chi connectivity index (χ2v) is 6.75. The summed E-state index contributed by atoms with van der Waals surface area (Å²) < 4.78 is 7.18. The van der Waals surface area contributed by atoms with Gasteiger partial charge in [0.15, 0.2) is 5.65 Å². The van der Waals surface area contributed by atoms with Crippen molar-refractivity contribution < 1.29 is 4.74 Å². The second-order valence-electron chi connectivity index (χ2n) is 6.75. The van der Waals surface area contributed by atoms with Crippen molar-refractivity contribution in [1.82, 2.24) is 14.6 Å². The van der Waals surface area contributed by atoms with Gasteiger partial charge in [-0.1, -0.05) is 44.2 Å². The molecule has 0 aliphatic rings. The van der Waals surface area contributed by atoms with E-state index in [0.717, 1.165) is 11.3 Å². The standard InChI is InChI=1S/C22H18N4O2/c1-14(2)19-20(25-21-16(12-23)13-24-26(21)22(19)27)15-7-6-10-18(11-15)28-17-8-4-3-5-9-17/h3-11,13-14,25H,1-2H3. The van der Waals surface area contributed by atoms with E-state index in [1.54, 1.807) is 0 Å². The number of hydrogen-bond donors (Lipinski definition) is 1. The van der Waals surface area contributed by atoms with E-state index in [1.165, 1.54) is 10.7 Å². The third-order valence-corrected chi connectivity index (χ3v) is 4.50. The van der Waals surface area contributed by atoms with E-state index in [4.69, 9.17) is 4.74 Å². The first kappa shape index (κ1) is 17.6. The summed E-state index contributed by atoms with van der Waals surface area (Å²) in [4.78, 5) is 16.3. The van der Waals surface area contributed by atoms with Crippen LogP contribution >= 0.6 is 0 Å². The van der Waals surface area contributed by atoms with Crippen LogP contribution in [0.15, 0.2) is 65.6 Å². The molecule has 0 saturated carbocycles. The maximum absolute atomic E-state index is 13.0. The maximum Gasteiger partial charge on any atom is 0.278 e. The number of benzene rings is 2. The molecule has 0 radical (unpaired) electrons. The SMILES string of the molecule is CC(C)c1c(-c2cccc(Oc3ccccc3)c2)[nH]c2c(C#N)cnn2c1=O. The van der Waals surface area contributed by atoms with E-state index in [2.05, 4.69) is 16.2 Å². The quantitative estimate of drug-likeness (QED) is 0.574. The number of aromatic amines is 1. The zero-order chi connectivity index (χ0) is 19.7. The van der Waals surface area contributed by atoms with Gasteiger partial charge in [-0.05, 0) is 30.2 Å². The molecule has 138 valence electrons. The monoisotopic (exact) mass is 370 g/mol. The Balaban J connectivity index is 1.89. The Morgan fingerprint density at radius 3 is 2.57 bits per heavy atom. The Kier molecular flexibility index (Phi) is 4.42. The number of H-pyrrole nitrogens is 1. The number of para-hydroxylation sites is 1. The Bertz CT molecular complexity index is 1250. The third-order valence-electron chi connectivity index (χ3n) is 4.50. The Morgan fingerprint density at radius 2 is 1.86 bits per heavy atom. The topological polar surface area (TPSA) is 83.2 Å².